The standard InChI is InChI=1S/C26H21BrN4O/c1-16-23(15-24-17(2)29-31(26(24)32)21-13-11-20(27)12-14-21)18(3)30(28-16)25-10-6-8-19-7-4-5-9-22(19)25/h4-15H,1-3H3/b24-15+. The van der Waals surface area contributed by atoms with Crippen LogP contribution in [0.2, 0.25) is 0 Å². The van der Waals surface area contributed by atoms with Crippen LogP contribution in [0.4, 0.5) is 5.69 Å². The van der Waals surface area contributed by atoms with E-state index in [1.807, 2.05) is 74.0 Å². The molecule has 0 atom stereocenters. The maximum atomic E-state index is 13.2. The van der Waals surface area contributed by atoms with E-state index in [1.165, 1.54) is 5.01 Å². The fraction of sp³-hybridized carbons (Fsp3) is 0.115. The Kier molecular flexibility index (Phi) is 5.02. The van der Waals surface area contributed by atoms with Gasteiger partial charge < -0.3 is 0 Å². The van der Waals surface area contributed by atoms with Gasteiger partial charge in [0.15, 0.2) is 0 Å². The maximum absolute atomic E-state index is 13.2. The van der Waals surface area contributed by atoms with E-state index in [0.29, 0.717) is 11.3 Å². The SMILES string of the molecule is CC1=NN(c2ccc(Br)cc2)C(=O)/C1=C/c1c(C)nn(-c2cccc3ccccc23)c1C. The Morgan fingerprint density at radius 1 is 0.906 bits per heavy atom. The first-order valence-corrected chi connectivity index (χ1v) is 11.1. The Balaban J connectivity index is 1.57. The monoisotopic (exact) mass is 484 g/mol. The summed E-state index contributed by atoms with van der Waals surface area (Å²) in [6.45, 7) is 5.87. The molecule has 0 saturated carbocycles. The van der Waals surface area contributed by atoms with Crippen LogP contribution in [0.25, 0.3) is 22.5 Å². The number of aryl methyl sites for hydroxylation is 1. The van der Waals surface area contributed by atoms with Gasteiger partial charge >= 0.3 is 0 Å². The first kappa shape index (κ1) is 20.4. The number of aromatic nitrogens is 2. The van der Waals surface area contributed by atoms with E-state index >= 15 is 0 Å². The number of hydrazone groups is 1. The lowest BCUT2D eigenvalue weighted by atomic mass is 10.1. The van der Waals surface area contributed by atoms with Crippen LogP contribution in [0, 0.1) is 13.8 Å². The summed E-state index contributed by atoms with van der Waals surface area (Å²) in [7, 11) is 0. The molecule has 0 aliphatic carbocycles. The van der Waals surface area contributed by atoms with Crippen LogP contribution in [0.3, 0.4) is 0 Å². The van der Waals surface area contributed by atoms with Crippen molar-refractivity contribution in [2.75, 3.05) is 5.01 Å². The largest absolute Gasteiger partial charge is 0.280 e. The molecule has 5 nitrogen and oxygen atoms in total. The summed E-state index contributed by atoms with van der Waals surface area (Å²) in [6.07, 6.45) is 1.92. The predicted molar refractivity (Wildman–Crippen MR) is 133 cm³/mol. The topological polar surface area (TPSA) is 50.5 Å². The Morgan fingerprint density at radius 3 is 2.41 bits per heavy atom. The molecule has 0 bridgehead atoms. The Bertz CT molecular complexity index is 1420. The molecule has 3 aromatic carbocycles. The van der Waals surface area contributed by atoms with E-state index in [2.05, 4.69) is 45.3 Å². The number of carbonyl (C=O) groups is 1. The molecule has 0 N–H and O–H groups in total. The maximum Gasteiger partial charge on any atom is 0.280 e. The van der Waals surface area contributed by atoms with E-state index in [0.717, 1.165) is 43.6 Å². The quantitative estimate of drug-likeness (QED) is 0.324. The molecule has 1 aliphatic rings. The van der Waals surface area contributed by atoms with Gasteiger partial charge in [-0.1, -0.05) is 52.3 Å². The number of benzene rings is 3. The van der Waals surface area contributed by atoms with Gasteiger partial charge in [0.2, 0.25) is 0 Å². The second-order valence-electron chi connectivity index (χ2n) is 7.83. The highest BCUT2D eigenvalue weighted by Gasteiger charge is 2.29. The van der Waals surface area contributed by atoms with Gasteiger partial charge in [0.25, 0.3) is 5.91 Å². The number of amides is 1. The van der Waals surface area contributed by atoms with Gasteiger partial charge in [0, 0.05) is 21.1 Å². The summed E-state index contributed by atoms with van der Waals surface area (Å²) in [5, 5.41) is 13.1. The number of hydrogen-bond donors (Lipinski definition) is 0. The second kappa shape index (κ2) is 7.88. The summed E-state index contributed by atoms with van der Waals surface area (Å²) in [4.78, 5) is 13.2. The minimum atomic E-state index is -0.137. The van der Waals surface area contributed by atoms with Gasteiger partial charge in [-0.25, -0.2) is 4.68 Å². The zero-order valence-electron chi connectivity index (χ0n) is 18.0. The van der Waals surface area contributed by atoms with Crippen LogP contribution >= 0.6 is 15.9 Å². The van der Waals surface area contributed by atoms with Crippen molar-refractivity contribution < 1.29 is 4.79 Å². The average molecular weight is 485 g/mol. The van der Waals surface area contributed by atoms with E-state index in [4.69, 9.17) is 5.10 Å². The molecule has 1 amide bonds. The van der Waals surface area contributed by atoms with Crippen molar-refractivity contribution in [2.24, 2.45) is 5.10 Å². The summed E-state index contributed by atoms with van der Waals surface area (Å²) < 4.78 is 2.92. The van der Waals surface area contributed by atoms with Crippen LogP contribution in [0.15, 0.2) is 81.9 Å². The van der Waals surface area contributed by atoms with Crippen molar-refractivity contribution in [1.82, 2.24) is 9.78 Å². The minimum absolute atomic E-state index is 0.137. The highest BCUT2D eigenvalue weighted by Crippen LogP contribution is 2.29. The van der Waals surface area contributed by atoms with E-state index < -0.39 is 0 Å². The molecule has 2 heterocycles. The van der Waals surface area contributed by atoms with Crippen molar-refractivity contribution in [3.8, 4) is 5.69 Å². The number of halogens is 1. The number of rotatable bonds is 3. The molecule has 4 aromatic rings. The molecule has 1 aliphatic heterocycles. The fourth-order valence-corrected chi connectivity index (χ4v) is 4.34. The van der Waals surface area contributed by atoms with Crippen LogP contribution in [0.5, 0.6) is 0 Å². The van der Waals surface area contributed by atoms with Gasteiger partial charge in [-0.3, -0.25) is 4.79 Å². The summed E-state index contributed by atoms with van der Waals surface area (Å²) in [6, 6.07) is 22.0. The van der Waals surface area contributed by atoms with Crippen molar-refractivity contribution in [3.63, 3.8) is 0 Å². The summed E-state index contributed by atoms with van der Waals surface area (Å²) in [5.41, 5.74) is 5.81. The van der Waals surface area contributed by atoms with E-state index in [1.54, 1.807) is 0 Å². The molecule has 0 unspecified atom stereocenters. The lowest BCUT2D eigenvalue weighted by molar-refractivity contribution is -0.114. The molecule has 0 radical (unpaired) electrons. The third-order valence-electron chi connectivity index (χ3n) is 5.76. The van der Waals surface area contributed by atoms with Gasteiger partial charge in [-0.2, -0.15) is 15.2 Å². The number of fused-ring (bicyclic) bond motifs is 1. The number of nitrogens with zero attached hydrogens (tertiary/aromatic N) is 4. The number of anilines is 1. The normalized spacial score (nSPS) is 15.1. The number of hydrogen-bond acceptors (Lipinski definition) is 3. The van der Waals surface area contributed by atoms with Gasteiger partial charge in [-0.05, 0) is 62.6 Å². The Morgan fingerprint density at radius 2 is 1.62 bits per heavy atom. The zero-order valence-corrected chi connectivity index (χ0v) is 19.6. The third kappa shape index (κ3) is 3.37. The molecular weight excluding hydrogens is 464 g/mol. The van der Waals surface area contributed by atoms with Crippen LogP contribution < -0.4 is 5.01 Å². The van der Waals surface area contributed by atoms with E-state index in [9.17, 15) is 4.79 Å². The highest BCUT2D eigenvalue weighted by molar-refractivity contribution is 9.10. The zero-order chi connectivity index (χ0) is 22.4. The Labute approximate surface area is 194 Å². The van der Waals surface area contributed by atoms with Gasteiger partial charge in [0.05, 0.1) is 28.4 Å². The molecule has 0 fully saturated rings. The summed E-state index contributed by atoms with van der Waals surface area (Å²) >= 11 is 3.43. The Hall–Kier alpha value is -3.51. The number of carbonyl (C=O) groups excluding carboxylic acids is 1. The lowest BCUT2D eigenvalue weighted by Crippen LogP contribution is -2.21. The molecule has 158 valence electrons. The molecular formula is C26H21BrN4O. The molecule has 1 aromatic heterocycles. The van der Waals surface area contributed by atoms with Crippen molar-refractivity contribution >= 4 is 50.1 Å². The minimum Gasteiger partial charge on any atom is -0.267 e. The molecule has 32 heavy (non-hydrogen) atoms. The summed E-state index contributed by atoms with van der Waals surface area (Å²) in [5.74, 6) is -0.137. The smallest absolute Gasteiger partial charge is 0.267 e. The van der Waals surface area contributed by atoms with Crippen LogP contribution in [0.1, 0.15) is 23.9 Å². The lowest BCUT2D eigenvalue weighted by Gasteiger charge is -2.11. The molecule has 5 rings (SSSR count). The first-order valence-electron chi connectivity index (χ1n) is 10.4. The van der Waals surface area contributed by atoms with Crippen LogP contribution in [-0.2, 0) is 4.79 Å². The van der Waals surface area contributed by atoms with Gasteiger partial charge in [0.1, 0.15) is 0 Å². The predicted octanol–water partition coefficient (Wildman–Crippen LogP) is 6.21. The molecule has 0 saturated heterocycles. The fourth-order valence-electron chi connectivity index (χ4n) is 4.08. The molecule has 6 heteroatoms. The van der Waals surface area contributed by atoms with Gasteiger partial charge in [-0.15, -0.1) is 0 Å². The van der Waals surface area contributed by atoms with E-state index in [-0.39, 0.29) is 5.91 Å². The third-order valence-corrected chi connectivity index (χ3v) is 6.29. The van der Waals surface area contributed by atoms with Crippen molar-refractivity contribution in [2.45, 2.75) is 20.8 Å². The average Bonchev–Trinajstić information content (AvgIpc) is 3.24. The first-order chi connectivity index (χ1) is 15.4. The van der Waals surface area contributed by atoms with Crippen LogP contribution in [-0.4, -0.2) is 21.4 Å². The van der Waals surface area contributed by atoms with Crippen molar-refractivity contribution in [3.05, 3.63) is 93.7 Å². The van der Waals surface area contributed by atoms with Crippen molar-refractivity contribution in [1.29, 1.82) is 0 Å². The molecule has 0 spiro atoms. The highest BCUT2D eigenvalue weighted by atomic mass is 79.9. The second-order valence-corrected chi connectivity index (χ2v) is 8.75.